The third-order valence-corrected chi connectivity index (χ3v) is 7.23. The average Bonchev–Trinajstić information content (AvgIpc) is 2.76. The van der Waals surface area contributed by atoms with Crippen molar-refractivity contribution in [2.75, 3.05) is 23.4 Å². The number of fused-ring (bicyclic) bond motifs is 1. The Hall–Kier alpha value is -3.21. The standard InChI is InChI=1S/C23H24F3N5O2S/c1-13-8-16(31-34-6-3-7-34)10-18-21(13)23(28-12-27-18)30-17-5-4-15(24)9-19(17)33-11-20(32)29-14(2)22(25)26/h4-5,8-10,12,14,22H,3,6-7,11H2,1-2H3,(H,29,32)(H,27,28,30). The lowest BCUT2D eigenvalue weighted by Gasteiger charge is -2.17. The van der Waals surface area contributed by atoms with Crippen molar-refractivity contribution in [3.05, 3.63) is 48.0 Å². The fraction of sp³-hybridized carbons (Fsp3) is 0.348. The number of nitrogens with zero attached hydrogens (tertiary/aromatic N) is 3. The summed E-state index contributed by atoms with van der Waals surface area (Å²) in [6, 6.07) is 6.38. The first-order valence-electron chi connectivity index (χ1n) is 10.7. The molecule has 1 amide bonds. The first-order valence-corrected chi connectivity index (χ1v) is 12.2. The zero-order valence-corrected chi connectivity index (χ0v) is 19.5. The second-order valence-corrected chi connectivity index (χ2v) is 9.86. The molecule has 7 nitrogen and oxygen atoms in total. The quantitative estimate of drug-likeness (QED) is 0.472. The van der Waals surface area contributed by atoms with Crippen LogP contribution >= 0.6 is 0 Å². The lowest BCUT2D eigenvalue weighted by molar-refractivity contribution is -0.124. The second-order valence-electron chi connectivity index (χ2n) is 7.94. The van der Waals surface area contributed by atoms with Gasteiger partial charge in [-0.1, -0.05) is 10.7 Å². The van der Waals surface area contributed by atoms with Crippen LogP contribution in [-0.4, -0.2) is 46.5 Å². The van der Waals surface area contributed by atoms with Gasteiger partial charge in [-0.25, -0.2) is 27.5 Å². The molecule has 1 unspecified atom stereocenters. The molecule has 0 aliphatic carbocycles. The van der Waals surface area contributed by atoms with Crippen LogP contribution in [0.25, 0.3) is 10.9 Å². The van der Waals surface area contributed by atoms with Gasteiger partial charge in [-0.05, 0) is 50.1 Å². The highest BCUT2D eigenvalue weighted by atomic mass is 32.2. The minimum Gasteiger partial charge on any atom is -0.481 e. The highest BCUT2D eigenvalue weighted by Crippen LogP contribution is 2.34. The Bertz CT molecular complexity index is 1250. The Morgan fingerprint density at radius 2 is 2.03 bits per heavy atom. The smallest absolute Gasteiger partial charge is 0.258 e. The monoisotopic (exact) mass is 491 g/mol. The number of amides is 1. The minimum atomic E-state index is -2.70. The number of ether oxygens (including phenoxy) is 1. The molecule has 1 atom stereocenters. The molecule has 1 aliphatic heterocycles. The van der Waals surface area contributed by atoms with E-state index in [0.717, 1.165) is 34.2 Å². The number of alkyl halides is 2. The molecule has 1 saturated heterocycles. The van der Waals surface area contributed by atoms with Gasteiger partial charge in [0.05, 0.1) is 22.9 Å². The van der Waals surface area contributed by atoms with Gasteiger partial charge in [-0.15, -0.1) is 0 Å². The van der Waals surface area contributed by atoms with Crippen LogP contribution in [-0.2, 0) is 15.5 Å². The molecule has 2 N–H and O–H groups in total. The highest BCUT2D eigenvalue weighted by molar-refractivity contribution is 7.88. The molecular formula is C23H24F3N5O2S. The van der Waals surface area contributed by atoms with Crippen LogP contribution in [0.1, 0.15) is 18.9 Å². The summed E-state index contributed by atoms with van der Waals surface area (Å²) in [6.07, 6.45) is -0.0696. The third kappa shape index (κ3) is 5.64. The second kappa shape index (κ2) is 10.4. The van der Waals surface area contributed by atoms with Gasteiger partial charge >= 0.3 is 0 Å². The van der Waals surface area contributed by atoms with E-state index in [2.05, 4.69) is 20.6 Å². The van der Waals surface area contributed by atoms with Crippen molar-refractivity contribution >= 4 is 44.7 Å². The van der Waals surface area contributed by atoms with Crippen LogP contribution in [0.2, 0.25) is 0 Å². The maximum Gasteiger partial charge on any atom is 0.258 e. The zero-order chi connectivity index (χ0) is 24.2. The van der Waals surface area contributed by atoms with Crippen LogP contribution in [0.5, 0.6) is 5.75 Å². The van der Waals surface area contributed by atoms with Crippen LogP contribution in [0.4, 0.5) is 30.4 Å². The van der Waals surface area contributed by atoms with Gasteiger partial charge < -0.3 is 15.4 Å². The van der Waals surface area contributed by atoms with Crippen LogP contribution < -0.4 is 15.4 Å². The summed E-state index contributed by atoms with van der Waals surface area (Å²) in [4.78, 5) is 20.6. The van der Waals surface area contributed by atoms with Gasteiger partial charge in [0.2, 0.25) is 0 Å². The van der Waals surface area contributed by atoms with E-state index in [9.17, 15) is 18.0 Å². The third-order valence-electron chi connectivity index (χ3n) is 5.24. The predicted octanol–water partition coefficient (Wildman–Crippen LogP) is 4.81. The van der Waals surface area contributed by atoms with Gasteiger partial charge in [0.1, 0.15) is 23.7 Å². The summed E-state index contributed by atoms with van der Waals surface area (Å²) in [6.45, 7) is 2.58. The summed E-state index contributed by atoms with van der Waals surface area (Å²) in [5, 5.41) is 6.04. The van der Waals surface area contributed by atoms with Crippen molar-refractivity contribution < 1.29 is 22.7 Å². The molecule has 180 valence electrons. The van der Waals surface area contributed by atoms with Gasteiger partial charge in [-0.3, -0.25) is 4.79 Å². The van der Waals surface area contributed by atoms with Crippen molar-refractivity contribution in [1.82, 2.24) is 15.3 Å². The number of benzene rings is 2. The van der Waals surface area contributed by atoms with Crippen molar-refractivity contribution in [2.45, 2.75) is 32.7 Å². The van der Waals surface area contributed by atoms with Crippen LogP contribution in [0.3, 0.4) is 0 Å². The molecule has 0 radical (unpaired) electrons. The number of carbonyl (C=O) groups excluding carboxylic acids is 1. The minimum absolute atomic E-state index is 0.0436. The van der Waals surface area contributed by atoms with E-state index in [1.165, 1.54) is 31.8 Å². The van der Waals surface area contributed by atoms with Gasteiger partial charge in [-0.2, -0.15) is 0 Å². The number of anilines is 2. The topological polar surface area (TPSA) is 88.5 Å². The number of nitrogens with one attached hydrogen (secondary N) is 2. The van der Waals surface area contributed by atoms with E-state index in [1.54, 1.807) is 0 Å². The fourth-order valence-electron chi connectivity index (χ4n) is 3.38. The number of hydrogen-bond donors (Lipinski definition) is 2. The van der Waals surface area contributed by atoms with E-state index in [0.29, 0.717) is 17.0 Å². The molecule has 0 bridgehead atoms. The van der Waals surface area contributed by atoms with Crippen molar-refractivity contribution in [2.24, 2.45) is 4.36 Å². The van der Waals surface area contributed by atoms with E-state index in [1.807, 2.05) is 19.1 Å². The van der Waals surface area contributed by atoms with Gasteiger partial charge in [0.15, 0.2) is 6.61 Å². The van der Waals surface area contributed by atoms with Crippen molar-refractivity contribution in [3.8, 4) is 5.75 Å². The van der Waals surface area contributed by atoms with Gasteiger partial charge in [0, 0.05) is 23.0 Å². The summed E-state index contributed by atoms with van der Waals surface area (Å²) >= 11 is 0. The lowest BCUT2D eigenvalue weighted by Crippen LogP contribution is -2.40. The number of aryl methyl sites for hydroxylation is 1. The highest BCUT2D eigenvalue weighted by Gasteiger charge is 2.18. The van der Waals surface area contributed by atoms with Crippen molar-refractivity contribution in [1.29, 1.82) is 0 Å². The fourth-order valence-corrected chi connectivity index (χ4v) is 4.52. The molecule has 1 fully saturated rings. The summed E-state index contributed by atoms with van der Waals surface area (Å²) in [5.74, 6) is 1.46. The molecule has 4 rings (SSSR count). The predicted molar refractivity (Wildman–Crippen MR) is 127 cm³/mol. The van der Waals surface area contributed by atoms with Crippen molar-refractivity contribution in [3.63, 3.8) is 0 Å². The average molecular weight is 492 g/mol. The molecule has 2 aromatic carbocycles. The first-order chi connectivity index (χ1) is 16.3. The number of aromatic nitrogens is 2. The molecule has 3 aromatic rings. The molecule has 0 saturated carbocycles. The molecule has 1 aliphatic rings. The van der Waals surface area contributed by atoms with Crippen LogP contribution in [0.15, 0.2) is 41.0 Å². The van der Waals surface area contributed by atoms with E-state index >= 15 is 0 Å². The van der Waals surface area contributed by atoms with E-state index in [-0.39, 0.29) is 16.4 Å². The maximum absolute atomic E-state index is 13.9. The Labute approximate surface area is 197 Å². The van der Waals surface area contributed by atoms with Gasteiger partial charge in [0.25, 0.3) is 12.3 Å². The molecule has 0 spiro atoms. The Morgan fingerprint density at radius 1 is 1.24 bits per heavy atom. The number of carbonyl (C=O) groups is 1. The normalized spacial score (nSPS) is 14.5. The largest absolute Gasteiger partial charge is 0.481 e. The zero-order valence-electron chi connectivity index (χ0n) is 18.6. The molecule has 2 heterocycles. The first kappa shape index (κ1) is 23.9. The van der Waals surface area contributed by atoms with E-state index < -0.39 is 30.8 Å². The SMILES string of the molecule is Cc1cc(N=S2CCC2)cc2ncnc(Nc3ccc(F)cc3OCC(=O)NC(C)C(F)F)c12. The molecule has 34 heavy (non-hydrogen) atoms. The summed E-state index contributed by atoms with van der Waals surface area (Å²) in [7, 11) is 0.0858. The number of hydrogen-bond acceptors (Lipinski definition) is 6. The Morgan fingerprint density at radius 3 is 2.74 bits per heavy atom. The van der Waals surface area contributed by atoms with E-state index in [4.69, 9.17) is 9.10 Å². The Balaban J connectivity index is 1.57. The molecular weight excluding hydrogens is 467 g/mol. The number of halogens is 3. The van der Waals surface area contributed by atoms with Crippen LogP contribution in [0, 0.1) is 12.7 Å². The molecule has 1 aromatic heterocycles. The number of rotatable bonds is 8. The maximum atomic E-state index is 13.9. The Kier molecular flexibility index (Phi) is 7.30. The molecule has 11 heteroatoms. The lowest BCUT2D eigenvalue weighted by atomic mass is 10.1. The summed E-state index contributed by atoms with van der Waals surface area (Å²) < 4.78 is 49.4. The summed E-state index contributed by atoms with van der Waals surface area (Å²) in [5.41, 5.74) is 2.88.